The fourth-order valence-electron chi connectivity index (χ4n) is 3.40. The van der Waals surface area contributed by atoms with Gasteiger partial charge in [-0.3, -0.25) is 9.59 Å². The first-order valence-corrected chi connectivity index (χ1v) is 12.2. The summed E-state index contributed by atoms with van der Waals surface area (Å²) in [6.45, 7) is 11.3. The number of rotatable bonds is 8. The molecule has 0 spiro atoms. The maximum absolute atomic E-state index is 12.8. The number of aryl methyl sites for hydroxylation is 2. The van der Waals surface area contributed by atoms with E-state index >= 15 is 0 Å². The summed E-state index contributed by atoms with van der Waals surface area (Å²) in [5, 5.41) is 6.17. The summed E-state index contributed by atoms with van der Waals surface area (Å²) in [4.78, 5) is 38.7. The van der Waals surface area contributed by atoms with Gasteiger partial charge in [-0.05, 0) is 88.6 Å². The van der Waals surface area contributed by atoms with Crippen molar-refractivity contribution in [1.29, 1.82) is 0 Å². The van der Waals surface area contributed by atoms with Gasteiger partial charge in [-0.2, -0.15) is 0 Å². The molecule has 8 heteroatoms. The van der Waals surface area contributed by atoms with E-state index in [9.17, 15) is 14.4 Å². The molecule has 0 saturated carbocycles. The molecule has 2 aromatic carbocycles. The maximum atomic E-state index is 12.8. The number of anilines is 2. The maximum Gasteiger partial charge on any atom is 0.341 e. The normalized spacial score (nSPS) is 11.5. The minimum atomic E-state index is -0.737. The molecule has 7 nitrogen and oxygen atoms in total. The molecule has 0 saturated heterocycles. The van der Waals surface area contributed by atoms with Crippen LogP contribution in [-0.2, 0) is 9.53 Å². The molecule has 0 unspecified atom stereocenters. The summed E-state index contributed by atoms with van der Waals surface area (Å²) in [5.41, 5.74) is 4.41. The van der Waals surface area contributed by atoms with Crippen molar-refractivity contribution in [3.05, 3.63) is 75.2 Å². The molecule has 1 atom stereocenters. The molecule has 3 rings (SSSR count). The molecule has 1 heterocycles. The van der Waals surface area contributed by atoms with Crippen LogP contribution in [0.4, 0.5) is 10.7 Å². The molecule has 2 amide bonds. The van der Waals surface area contributed by atoms with Gasteiger partial charge >= 0.3 is 5.97 Å². The highest BCUT2D eigenvalue weighted by Gasteiger charge is 2.22. The van der Waals surface area contributed by atoms with Crippen LogP contribution < -0.4 is 15.4 Å². The van der Waals surface area contributed by atoms with Gasteiger partial charge in [0, 0.05) is 16.1 Å². The molecule has 184 valence electrons. The van der Waals surface area contributed by atoms with E-state index in [4.69, 9.17) is 9.47 Å². The van der Waals surface area contributed by atoms with E-state index in [0.717, 1.165) is 27.3 Å². The van der Waals surface area contributed by atoms with Gasteiger partial charge in [0.1, 0.15) is 10.8 Å². The molecule has 0 fully saturated rings. The molecule has 3 aromatic rings. The van der Waals surface area contributed by atoms with E-state index < -0.39 is 12.1 Å². The van der Waals surface area contributed by atoms with E-state index in [1.165, 1.54) is 11.3 Å². The monoisotopic (exact) mass is 494 g/mol. The standard InChI is InChI=1S/C27H30N2O5S/c1-7-33-27(32)23-17(4)19(6)35-26(23)29-25(31)20-11-13-21(14-12-20)34-18(5)24(30)28-22-10-8-9-15(2)16(22)3/h8-14,18H,7H2,1-6H3,(H,28,30)(H,29,31)/t18-/m1/s1. The molecular formula is C27H30N2O5S. The molecule has 1 aromatic heterocycles. The van der Waals surface area contributed by atoms with Gasteiger partial charge in [-0.1, -0.05) is 12.1 Å². The Bertz CT molecular complexity index is 1250. The van der Waals surface area contributed by atoms with E-state index in [0.29, 0.717) is 21.9 Å². The van der Waals surface area contributed by atoms with Crippen molar-refractivity contribution in [3.63, 3.8) is 0 Å². The van der Waals surface area contributed by atoms with Crippen LogP contribution in [-0.4, -0.2) is 30.5 Å². The lowest BCUT2D eigenvalue weighted by molar-refractivity contribution is -0.122. The lowest BCUT2D eigenvalue weighted by atomic mass is 10.1. The lowest BCUT2D eigenvalue weighted by Crippen LogP contribution is -2.30. The summed E-state index contributed by atoms with van der Waals surface area (Å²) in [6.07, 6.45) is -0.737. The molecule has 0 aliphatic rings. The van der Waals surface area contributed by atoms with E-state index in [2.05, 4.69) is 10.6 Å². The van der Waals surface area contributed by atoms with Gasteiger partial charge in [0.25, 0.3) is 11.8 Å². The molecule has 35 heavy (non-hydrogen) atoms. The summed E-state index contributed by atoms with van der Waals surface area (Å²) in [6, 6.07) is 12.2. The molecule has 0 bridgehead atoms. The van der Waals surface area contributed by atoms with Crippen LogP contribution in [0.25, 0.3) is 0 Å². The van der Waals surface area contributed by atoms with Crippen molar-refractivity contribution < 1.29 is 23.9 Å². The van der Waals surface area contributed by atoms with E-state index in [1.807, 2.05) is 45.9 Å². The zero-order chi connectivity index (χ0) is 25.7. The Morgan fingerprint density at radius 1 is 0.943 bits per heavy atom. The quantitative estimate of drug-likeness (QED) is 0.385. The number of carbonyl (C=O) groups is 3. The smallest absolute Gasteiger partial charge is 0.341 e. The molecule has 0 aliphatic carbocycles. The topological polar surface area (TPSA) is 93.7 Å². The fraction of sp³-hybridized carbons (Fsp3) is 0.296. The largest absolute Gasteiger partial charge is 0.481 e. The Labute approximate surface area is 209 Å². The SMILES string of the molecule is CCOC(=O)c1c(NC(=O)c2ccc(O[C@H](C)C(=O)Nc3cccc(C)c3C)cc2)sc(C)c1C. The van der Waals surface area contributed by atoms with Crippen LogP contribution >= 0.6 is 11.3 Å². The van der Waals surface area contributed by atoms with E-state index in [1.54, 1.807) is 38.1 Å². The van der Waals surface area contributed by atoms with Crippen molar-refractivity contribution >= 4 is 39.8 Å². The fourth-order valence-corrected chi connectivity index (χ4v) is 4.45. The van der Waals surface area contributed by atoms with Crippen molar-refractivity contribution in [2.24, 2.45) is 0 Å². The molecule has 0 radical (unpaired) electrons. The zero-order valence-electron chi connectivity index (χ0n) is 20.8. The predicted octanol–water partition coefficient (Wildman–Crippen LogP) is 5.82. The molecular weight excluding hydrogens is 464 g/mol. The number of thiophene rings is 1. The average molecular weight is 495 g/mol. The Morgan fingerprint density at radius 2 is 1.63 bits per heavy atom. The number of esters is 1. The first-order chi connectivity index (χ1) is 16.6. The van der Waals surface area contributed by atoms with Crippen LogP contribution in [0.15, 0.2) is 42.5 Å². The second-order valence-corrected chi connectivity index (χ2v) is 9.41. The van der Waals surface area contributed by atoms with Gasteiger partial charge in [-0.25, -0.2) is 4.79 Å². The van der Waals surface area contributed by atoms with Crippen LogP contribution in [0.3, 0.4) is 0 Å². The second kappa shape index (κ2) is 11.2. The van der Waals surface area contributed by atoms with Gasteiger partial charge in [0.2, 0.25) is 0 Å². The molecule has 0 aliphatic heterocycles. The van der Waals surface area contributed by atoms with Crippen LogP contribution in [0, 0.1) is 27.7 Å². The van der Waals surface area contributed by atoms with Gasteiger partial charge in [0.15, 0.2) is 6.10 Å². The van der Waals surface area contributed by atoms with E-state index in [-0.39, 0.29) is 18.4 Å². The third-order valence-corrected chi connectivity index (χ3v) is 6.88. The Balaban J connectivity index is 1.65. The van der Waals surface area contributed by atoms with Crippen LogP contribution in [0.2, 0.25) is 0 Å². The Hall–Kier alpha value is -3.65. The summed E-state index contributed by atoms with van der Waals surface area (Å²) < 4.78 is 10.9. The number of hydrogen-bond donors (Lipinski definition) is 2. The number of nitrogens with one attached hydrogen (secondary N) is 2. The van der Waals surface area contributed by atoms with Gasteiger partial charge in [-0.15, -0.1) is 11.3 Å². The Morgan fingerprint density at radius 3 is 2.29 bits per heavy atom. The van der Waals surface area contributed by atoms with Crippen molar-refractivity contribution in [3.8, 4) is 5.75 Å². The van der Waals surface area contributed by atoms with Crippen molar-refractivity contribution in [2.45, 2.75) is 47.6 Å². The minimum absolute atomic E-state index is 0.253. The van der Waals surface area contributed by atoms with Crippen LogP contribution in [0.5, 0.6) is 5.75 Å². The number of hydrogen-bond acceptors (Lipinski definition) is 6. The summed E-state index contributed by atoms with van der Waals surface area (Å²) in [5.74, 6) is -0.624. The third kappa shape index (κ3) is 6.08. The highest BCUT2D eigenvalue weighted by molar-refractivity contribution is 7.16. The van der Waals surface area contributed by atoms with Crippen molar-refractivity contribution in [2.75, 3.05) is 17.2 Å². The average Bonchev–Trinajstić information content (AvgIpc) is 3.10. The first-order valence-electron chi connectivity index (χ1n) is 11.3. The van der Waals surface area contributed by atoms with Crippen molar-refractivity contribution in [1.82, 2.24) is 0 Å². The Kier molecular flexibility index (Phi) is 8.30. The predicted molar refractivity (Wildman–Crippen MR) is 139 cm³/mol. The number of benzene rings is 2. The third-order valence-electron chi connectivity index (χ3n) is 5.75. The molecule has 2 N–H and O–H groups in total. The number of amides is 2. The summed E-state index contributed by atoms with van der Waals surface area (Å²) in [7, 11) is 0. The second-order valence-electron chi connectivity index (χ2n) is 8.18. The first kappa shape index (κ1) is 26.0. The number of ether oxygens (including phenoxy) is 2. The van der Waals surface area contributed by atoms with Crippen LogP contribution in [0.1, 0.15) is 56.1 Å². The zero-order valence-corrected chi connectivity index (χ0v) is 21.6. The number of carbonyl (C=O) groups excluding carboxylic acids is 3. The van der Waals surface area contributed by atoms with Gasteiger partial charge in [0.05, 0.1) is 12.2 Å². The summed E-state index contributed by atoms with van der Waals surface area (Å²) >= 11 is 1.33. The highest BCUT2D eigenvalue weighted by Crippen LogP contribution is 2.33. The van der Waals surface area contributed by atoms with Gasteiger partial charge < -0.3 is 20.1 Å². The minimum Gasteiger partial charge on any atom is -0.481 e. The lowest BCUT2D eigenvalue weighted by Gasteiger charge is -2.16. The highest BCUT2D eigenvalue weighted by atomic mass is 32.1.